The molecule has 26 heavy (non-hydrogen) atoms. The average molecular weight is 374 g/mol. The number of aryl methyl sites for hydroxylation is 1. The fourth-order valence-corrected chi connectivity index (χ4v) is 5.67. The minimum absolute atomic E-state index is 0.0573. The standard InChI is InChI=1S/C20H27N3O2S/c1-13-8-9-15-16(10-13)26-19-18(15)20(25)23(12-21-19)11-17(24)22-14-6-4-2-3-5-7-14/h12-14H,2-11H2,1H3,(H,22,24)/t13-/m1/s1. The molecule has 1 N–H and O–H groups in total. The van der Waals surface area contributed by atoms with E-state index < -0.39 is 0 Å². The van der Waals surface area contributed by atoms with Gasteiger partial charge in [0, 0.05) is 10.9 Å². The van der Waals surface area contributed by atoms with Crippen molar-refractivity contribution in [3.05, 3.63) is 27.1 Å². The van der Waals surface area contributed by atoms with E-state index in [1.807, 2.05) is 0 Å². The average Bonchev–Trinajstić information content (AvgIpc) is 2.78. The lowest BCUT2D eigenvalue weighted by atomic mass is 9.89. The van der Waals surface area contributed by atoms with Gasteiger partial charge < -0.3 is 5.32 Å². The van der Waals surface area contributed by atoms with Crippen LogP contribution in [0.3, 0.4) is 0 Å². The molecule has 6 heteroatoms. The molecule has 0 unspecified atom stereocenters. The molecule has 2 aromatic heterocycles. The summed E-state index contributed by atoms with van der Waals surface area (Å²) < 4.78 is 1.49. The zero-order chi connectivity index (χ0) is 18.1. The second-order valence-electron chi connectivity index (χ2n) is 7.97. The first-order chi connectivity index (χ1) is 12.6. The summed E-state index contributed by atoms with van der Waals surface area (Å²) in [6.45, 7) is 2.33. The third-order valence-corrected chi connectivity index (χ3v) is 6.98. The molecule has 2 heterocycles. The van der Waals surface area contributed by atoms with Gasteiger partial charge in [-0.15, -0.1) is 11.3 Å². The van der Waals surface area contributed by atoms with Crippen LogP contribution in [0.5, 0.6) is 0 Å². The van der Waals surface area contributed by atoms with Crippen molar-refractivity contribution in [2.24, 2.45) is 5.92 Å². The second kappa shape index (κ2) is 7.51. The van der Waals surface area contributed by atoms with Crippen molar-refractivity contribution >= 4 is 27.5 Å². The van der Waals surface area contributed by atoms with Crippen LogP contribution in [0, 0.1) is 5.92 Å². The van der Waals surface area contributed by atoms with E-state index in [2.05, 4.69) is 17.2 Å². The predicted octanol–water partition coefficient (Wildman–Crippen LogP) is 3.42. The highest BCUT2D eigenvalue weighted by Crippen LogP contribution is 2.35. The molecule has 2 aliphatic carbocycles. The molecule has 0 saturated heterocycles. The Morgan fingerprint density at radius 3 is 2.81 bits per heavy atom. The largest absolute Gasteiger partial charge is 0.352 e. The maximum Gasteiger partial charge on any atom is 0.262 e. The summed E-state index contributed by atoms with van der Waals surface area (Å²) in [5.41, 5.74) is 1.12. The first kappa shape index (κ1) is 17.7. The number of hydrogen-bond acceptors (Lipinski definition) is 4. The Hall–Kier alpha value is -1.69. The number of carbonyl (C=O) groups is 1. The molecule has 0 aromatic carbocycles. The van der Waals surface area contributed by atoms with Gasteiger partial charge in [-0.25, -0.2) is 4.98 Å². The summed E-state index contributed by atoms with van der Waals surface area (Å²) in [6.07, 6.45) is 11.6. The molecule has 0 spiro atoms. The zero-order valence-electron chi connectivity index (χ0n) is 15.4. The van der Waals surface area contributed by atoms with E-state index in [-0.39, 0.29) is 24.1 Å². The summed E-state index contributed by atoms with van der Waals surface area (Å²) in [5, 5.41) is 3.87. The van der Waals surface area contributed by atoms with Crippen molar-refractivity contribution in [2.75, 3.05) is 0 Å². The number of nitrogens with one attached hydrogen (secondary N) is 1. The topological polar surface area (TPSA) is 64.0 Å². The van der Waals surface area contributed by atoms with Gasteiger partial charge in [0.2, 0.25) is 5.91 Å². The SMILES string of the molecule is C[C@@H]1CCc2c(sc3ncn(CC(=O)NC4CCCCCC4)c(=O)c23)C1. The van der Waals surface area contributed by atoms with Crippen molar-refractivity contribution in [3.63, 3.8) is 0 Å². The van der Waals surface area contributed by atoms with E-state index in [4.69, 9.17) is 0 Å². The molecule has 1 atom stereocenters. The van der Waals surface area contributed by atoms with Crippen LogP contribution in [0.1, 0.15) is 62.3 Å². The lowest BCUT2D eigenvalue weighted by molar-refractivity contribution is -0.122. The van der Waals surface area contributed by atoms with E-state index in [9.17, 15) is 9.59 Å². The lowest BCUT2D eigenvalue weighted by Crippen LogP contribution is -2.38. The quantitative estimate of drug-likeness (QED) is 0.839. The highest BCUT2D eigenvalue weighted by atomic mass is 32.1. The molecule has 1 saturated carbocycles. The van der Waals surface area contributed by atoms with Crippen LogP contribution in [0.4, 0.5) is 0 Å². The highest BCUT2D eigenvalue weighted by molar-refractivity contribution is 7.18. The fraction of sp³-hybridized carbons (Fsp3) is 0.650. The molecule has 0 bridgehead atoms. The molecule has 1 fully saturated rings. The second-order valence-corrected chi connectivity index (χ2v) is 9.05. The number of amides is 1. The molecular formula is C20H27N3O2S. The number of thiophene rings is 1. The minimum Gasteiger partial charge on any atom is -0.352 e. The van der Waals surface area contributed by atoms with Gasteiger partial charge in [-0.2, -0.15) is 0 Å². The van der Waals surface area contributed by atoms with Gasteiger partial charge in [0.1, 0.15) is 11.4 Å². The monoisotopic (exact) mass is 373 g/mol. The molecule has 2 aliphatic rings. The molecule has 1 amide bonds. The van der Waals surface area contributed by atoms with Gasteiger partial charge in [0.05, 0.1) is 11.7 Å². The van der Waals surface area contributed by atoms with Gasteiger partial charge in [0.25, 0.3) is 5.56 Å². The zero-order valence-corrected chi connectivity index (χ0v) is 16.2. The van der Waals surface area contributed by atoms with Crippen LogP contribution < -0.4 is 10.9 Å². The Bertz CT molecular complexity index is 862. The summed E-state index contributed by atoms with van der Waals surface area (Å²) >= 11 is 1.65. The number of carbonyl (C=O) groups excluding carboxylic acids is 1. The van der Waals surface area contributed by atoms with E-state index >= 15 is 0 Å². The van der Waals surface area contributed by atoms with E-state index in [0.717, 1.165) is 42.3 Å². The lowest BCUT2D eigenvalue weighted by Gasteiger charge is -2.18. The van der Waals surface area contributed by atoms with Gasteiger partial charge in [-0.1, -0.05) is 32.6 Å². The third-order valence-electron chi connectivity index (χ3n) is 5.82. The molecule has 0 radical (unpaired) electrons. The normalized spacial score (nSPS) is 21.3. The number of rotatable bonds is 3. The Balaban J connectivity index is 1.54. The minimum atomic E-state index is -0.0714. The number of nitrogens with zero attached hydrogens (tertiary/aromatic N) is 2. The van der Waals surface area contributed by atoms with Crippen molar-refractivity contribution < 1.29 is 4.79 Å². The smallest absolute Gasteiger partial charge is 0.262 e. The molecule has 0 aliphatic heterocycles. The van der Waals surface area contributed by atoms with Crippen LogP contribution in [-0.4, -0.2) is 21.5 Å². The molecule has 2 aromatic rings. The fourth-order valence-electron chi connectivity index (χ4n) is 4.33. The molecule has 4 rings (SSSR count). The first-order valence-corrected chi connectivity index (χ1v) is 10.7. The highest BCUT2D eigenvalue weighted by Gasteiger charge is 2.23. The van der Waals surface area contributed by atoms with Gasteiger partial charge in [0.15, 0.2) is 0 Å². The van der Waals surface area contributed by atoms with Crippen LogP contribution in [0.2, 0.25) is 0 Å². The van der Waals surface area contributed by atoms with Crippen LogP contribution >= 0.6 is 11.3 Å². The number of aromatic nitrogens is 2. The Labute approximate surface area is 157 Å². The van der Waals surface area contributed by atoms with E-state index in [1.165, 1.54) is 40.7 Å². The van der Waals surface area contributed by atoms with E-state index in [1.54, 1.807) is 17.7 Å². The Morgan fingerprint density at radius 2 is 2.04 bits per heavy atom. The van der Waals surface area contributed by atoms with Gasteiger partial charge in [-0.05, 0) is 43.6 Å². The van der Waals surface area contributed by atoms with E-state index in [0.29, 0.717) is 5.92 Å². The Morgan fingerprint density at radius 1 is 1.27 bits per heavy atom. The summed E-state index contributed by atoms with van der Waals surface area (Å²) in [4.78, 5) is 32.1. The van der Waals surface area contributed by atoms with Crippen molar-refractivity contribution in [3.8, 4) is 0 Å². The van der Waals surface area contributed by atoms with Gasteiger partial charge >= 0.3 is 0 Å². The number of hydrogen-bond donors (Lipinski definition) is 1. The summed E-state index contributed by atoms with van der Waals surface area (Å²) in [5.74, 6) is 0.598. The summed E-state index contributed by atoms with van der Waals surface area (Å²) in [6, 6.07) is 0.257. The number of fused-ring (bicyclic) bond motifs is 3. The third kappa shape index (κ3) is 3.56. The van der Waals surface area contributed by atoms with Crippen molar-refractivity contribution in [2.45, 2.75) is 77.3 Å². The van der Waals surface area contributed by atoms with Crippen LogP contribution in [-0.2, 0) is 24.2 Å². The molecule has 140 valence electrons. The molecular weight excluding hydrogens is 346 g/mol. The van der Waals surface area contributed by atoms with Crippen molar-refractivity contribution in [1.82, 2.24) is 14.9 Å². The van der Waals surface area contributed by atoms with Crippen LogP contribution in [0.15, 0.2) is 11.1 Å². The first-order valence-electron chi connectivity index (χ1n) is 9.91. The predicted molar refractivity (Wildman–Crippen MR) is 105 cm³/mol. The maximum absolute atomic E-state index is 13.0. The molecule has 5 nitrogen and oxygen atoms in total. The summed E-state index contributed by atoms with van der Waals surface area (Å²) in [7, 11) is 0. The Kier molecular flexibility index (Phi) is 5.11. The van der Waals surface area contributed by atoms with Crippen LogP contribution in [0.25, 0.3) is 10.2 Å². The maximum atomic E-state index is 13.0. The van der Waals surface area contributed by atoms with Crippen molar-refractivity contribution in [1.29, 1.82) is 0 Å². The van der Waals surface area contributed by atoms with Gasteiger partial charge in [-0.3, -0.25) is 14.2 Å².